The first-order chi connectivity index (χ1) is 16.2. The normalized spacial score (nSPS) is 12.0. The van der Waals surface area contributed by atoms with Crippen LogP contribution in [-0.2, 0) is 14.6 Å². The van der Waals surface area contributed by atoms with Crippen LogP contribution in [0.25, 0.3) is 10.9 Å². The summed E-state index contributed by atoms with van der Waals surface area (Å²) in [5.41, 5.74) is 2.91. The first-order valence-corrected chi connectivity index (χ1v) is 12.1. The number of aromatic hydroxyl groups is 1. The Morgan fingerprint density at radius 3 is 2.35 bits per heavy atom. The van der Waals surface area contributed by atoms with Gasteiger partial charge in [-0.2, -0.15) is 0 Å². The number of aromatic nitrogens is 1. The Bertz CT molecular complexity index is 1520. The molecule has 0 saturated heterocycles. The molecule has 8 nitrogen and oxygen atoms in total. The fraction of sp³-hybridized carbons (Fsp3) is 0.120. The number of ether oxygens (including phenoxy) is 2. The van der Waals surface area contributed by atoms with Gasteiger partial charge in [0.15, 0.2) is 15.7 Å². The molecule has 0 aliphatic heterocycles. The van der Waals surface area contributed by atoms with Crippen molar-refractivity contribution >= 4 is 38.1 Å². The highest BCUT2D eigenvalue weighted by molar-refractivity contribution is 7.90. The van der Waals surface area contributed by atoms with Crippen LogP contribution in [0.3, 0.4) is 0 Å². The highest BCUT2D eigenvalue weighted by Gasteiger charge is 2.21. The maximum absolute atomic E-state index is 12.1. The minimum absolute atomic E-state index is 0.0560. The molecule has 2 N–H and O–H groups in total. The fourth-order valence-electron chi connectivity index (χ4n) is 3.69. The van der Waals surface area contributed by atoms with Crippen LogP contribution < -0.4 is 4.74 Å². The topological polar surface area (TPSA) is 118 Å². The fourth-order valence-corrected chi connectivity index (χ4v) is 4.51. The van der Waals surface area contributed by atoms with Gasteiger partial charge in [0.05, 0.1) is 36.7 Å². The van der Waals surface area contributed by atoms with E-state index in [0.717, 1.165) is 11.8 Å². The number of rotatable bonds is 6. The zero-order chi connectivity index (χ0) is 24.5. The van der Waals surface area contributed by atoms with Crippen molar-refractivity contribution in [2.24, 2.45) is 4.99 Å². The minimum atomic E-state index is -3.49. The number of H-pyrrole nitrogens is 1. The van der Waals surface area contributed by atoms with Gasteiger partial charge in [0.2, 0.25) is 0 Å². The molecule has 0 saturated carbocycles. The van der Waals surface area contributed by atoms with Crippen LogP contribution >= 0.6 is 0 Å². The third-order valence-electron chi connectivity index (χ3n) is 5.27. The third kappa shape index (κ3) is 4.38. The predicted molar refractivity (Wildman–Crippen MR) is 129 cm³/mol. The van der Waals surface area contributed by atoms with Crippen LogP contribution in [0.2, 0.25) is 0 Å². The van der Waals surface area contributed by atoms with E-state index in [0.29, 0.717) is 33.4 Å². The molecular weight excluding hydrogens is 456 g/mol. The van der Waals surface area contributed by atoms with Crippen molar-refractivity contribution in [2.75, 3.05) is 20.5 Å². The number of hydrogen-bond donors (Lipinski definition) is 2. The number of hydrogen-bond acceptors (Lipinski definition) is 7. The van der Waals surface area contributed by atoms with Crippen LogP contribution in [-0.4, -0.2) is 50.7 Å². The van der Waals surface area contributed by atoms with Gasteiger partial charge in [-0.25, -0.2) is 18.2 Å². The molecule has 1 heterocycles. The van der Waals surface area contributed by atoms with Gasteiger partial charge in [0, 0.05) is 28.8 Å². The Balaban J connectivity index is 1.94. The summed E-state index contributed by atoms with van der Waals surface area (Å²) in [5, 5.41) is 11.5. The average Bonchev–Trinajstić information content (AvgIpc) is 3.16. The van der Waals surface area contributed by atoms with Gasteiger partial charge in [-0.1, -0.05) is 36.4 Å². The number of benzene rings is 3. The molecule has 1 aromatic heterocycles. The van der Waals surface area contributed by atoms with E-state index in [1.54, 1.807) is 24.3 Å². The Kier molecular flexibility index (Phi) is 6.12. The summed E-state index contributed by atoms with van der Waals surface area (Å²) >= 11 is 0. The quantitative estimate of drug-likeness (QED) is 0.316. The van der Waals surface area contributed by atoms with Crippen molar-refractivity contribution in [3.8, 4) is 11.6 Å². The van der Waals surface area contributed by atoms with E-state index in [9.17, 15) is 18.3 Å². The molecule has 34 heavy (non-hydrogen) atoms. The van der Waals surface area contributed by atoms with Gasteiger partial charge in [0.25, 0.3) is 0 Å². The molecule has 0 amide bonds. The first kappa shape index (κ1) is 23.1. The Labute approximate surface area is 196 Å². The second-order valence-corrected chi connectivity index (χ2v) is 9.52. The lowest BCUT2D eigenvalue weighted by molar-refractivity contribution is 0.0601. The summed E-state index contributed by atoms with van der Waals surface area (Å²) in [5.74, 6) is -0.450. The van der Waals surface area contributed by atoms with E-state index in [1.807, 2.05) is 30.3 Å². The molecule has 174 valence electrons. The molecule has 0 unspecified atom stereocenters. The number of fused-ring (bicyclic) bond motifs is 1. The van der Waals surface area contributed by atoms with E-state index in [2.05, 4.69) is 4.98 Å². The molecule has 0 fully saturated rings. The Morgan fingerprint density at radius 2 is 1.71 bits per heavy atom. The predicted octanol–water partition coefficient (Wildman–Crippen LogP) is 4.24. The average molecular weight is 479 g/mol. The second kappa shape index (κ2) is 9.03. The smallest absolute Gasteiger partial charge is 0.337 e. The van der Waals surface area contributed by atoms with Crippen molar-refractivity contribution in [3.63, 3.8) is 0 Å². The highest BCUT2D eigenvalue weighted by Crippen LogP contribution is 2.34. The van der Waals surface area contributed by atoms with Crippen LogP contribution in [0.4, 0.5) is 5.69 Å². The molecule has 0 radical (unpaired) electrons. The van der Waals surface area contributed by atoms with Gasteiger partial charge in [-0.15, -0.1) is 0 Å². The van der Waals surface area contributed by atoms with E-state index in [1.165, 1.54) is 26.4 Å². The Morgan fingerprint density at radius 1 is 0.971 bits per heavy atom. The number of methoxy groups -OCH3 is 2. The lowest BCUT2D eigenvalue weighted by atomic mass is 10.00. The van der Waals surface area contributed by atoms with Crippen molar-refractivity contribution < 1.29 is 27.8 Å². The molecule has 0 spiro atoms. The first-order valence-electron chi connectivity index (χ1n) is 10.2. The highest BCUT2D eigenvalue weighted by atomic mass is 32.2. The Hall–Kier alpha value is -4.11. The van der Waals surface area contributed by atoms with E-state index in [4.69, 9.17) is 14.5 Å². The summed E-state index contributed by atoms with van der Waals surface area (Å²) in [6.07, 6.45) is 1.11. The monoisotopic (exact) mass is 478 g/mol. The van der Waals surface area contributed by atoms with Crippen LogP contribution in [0, 0.1) is 0 Å². The van der Waals surface area contributed by atoms with Crippen LogP contribution in [0.5, 0.6) is 11.6 Å². The number of nitrogens with zero attached hydrogens (tertiary/aromatic N) is 1. The van der Waals surface area contributed by atoms with Crippen molar-refractivity contribution in [1.82, 2.24) is 4.98 Å². The largest absolute Gasteiger partial charge is 0.495 e. The molecule has 0 aliphatic carbocycles. The zero-order valence-electron chi connectivity index (χ0n) is 18.7. The molecule has 9 heteroatoms. The summed E-state index contributed by atoms with van der Waals surface area (Å²) in [6, 6.07) is 18.7. The van der Waals surface area contributed by atoms with Crippen LogP contribution in [0.15, 0.2) is 76.6 Å². The summed E-state index contributed by atoms with van der Waals surface area (Å²) < 4.78 is 34.2. The van der Waals surface area contributed by atoms with E-state index >= 15 is 0 Å². The number of aliphatic imine (C=N–C) groups is 1. The van der Waals surface area contributed by atoms with Gasteiger partial charge in [0.1, 0.15) is 10.6 Å². The molecule has 4 rings (SSSR count). The minimum Gasteiger partial charge on any atom is -0.495 e. The number of carbonyl (C=O) groups excluding carboxylic acids is 1. The van der Waals surface area contributed by atoms with Gasteiger partial charge in [-0.3, -0.25) is 0 Å². The number of aromatic amines is 1. The van der Waals surface area contributed by atoms with Crippen molar-refractivity contribution in [1.29, 1.82) is 0 Å². The molecular formula is C25H22N2O6S. The number of nitrogens with one attached hydrogen (secondary N) is 1. The maximum Gasteiger partial charge on any atom is 0.337 e. The van der Waals surface area contributed by atoms with Crippen molar-refractivity contribution in [3.05, 3.63) is 83.4 Å². The van der Waals surface area contributed by atoms with Gasteiger partial charge in [-0.05, 0) is 24.3 Å². The van der Waals surface area contributed by atoms with Gasteiger partial charge >= 0.3 is 5.97 Å². The zero-order valence-corrected chi connectivity index (χ0v) is 19.5. The number of sulfone groups is 1. The van der Waals surface area contributed by atoms with Crippen molar-refractivity contribution in [2.45, 2.75) is 4.90 Å². The lowest BCUT2D eigenvalue weighted by Crippen LogP contribution is -2.04. The molecule has 0 aliphatic rings. The van der Waals surface area contributed by atoms with Crippen LogP contribution in [0.1, 0.15) is 21.5 Å². The standard InChI is InChI=1S/C25H22N2O6S/c1-32-20-14-17(10-12-21(20)34(3,30)31)26-23(15-7-5-4-6-8-15)22-18-11-9-16(25(29)33-2)13-19(18)27-24(22)28/h4-14,27-28H,1-3H3. The summed E-state index contributed by atoms with van der Waals surface area (Å²) in [6.45, 7) is 0. The maximum atomic E-state index is 12.1. The van der Waals surface area contributed by atoms with E-state index in [-0.39, 0.29) is 16.5 Å². The number of carbonyl (C=O) groups is 1. The molecule has 0 bridgehead atoms. The SMILES string of the molecule is COC(=O)c1ccc2c(C(=Nc3ccc(S(C)(=O)=O)c(OC)c3)c3ccccc3)c(O)[nH]c2c1. The lowest BCUT2D eigenvalue weighted by Gasteiger charge is -2.10. The summed E-state index contributed by atoms with van der Waals surface area (Å²) in [7, 11) is -0.803. The molecule has 4 aromatic rings. The summed E-state index contributed by atoms with van der Waals surface area (Å²) in [4.78, 5) is 19.6. The third-order valence-corrected chi connectivity index (χ3v) is 6.41. The second-order valence-electron chi connectivity index (χ2n) is 7.53. The van der Waals surface area contributed by atoms with Gasteiger partial charge < -0.3 is 19.6 Å². The van der Waals surface area contributed by atoms with E-state index < -0.39 is 15.8 Å². The molecule has 3 aromatic carbocycles. The molecule has 0 atom stereocenters. The number of esters is 1.